The molecule has 1 aliphatic rings. The zero-order valence-electron chi connectivity index (χ0n) is 11.9. The summed E-state index contributed by atoms with van der Waals surface area (Å²) in [5.74, 6) is 0.826. The van der Waals surface area contributed by atoms with Gasteiger partial charge in [0.2, 0.25) is 0 Å². The van der Waals surface area contributed by atoms with E-state index in [-0.39, 0.29) is 18.2 Å². The van der Waals surface area contributed by atoms with Gasteiger partial charge in [0, 0.05) is 11.6 Å². The number of hydrogen-bond donors (Lipinski definition) is 2. The lowest BCUT2D eigenvalue weighted by molar-refractivity contribution is 0.0313. The summed E-state index contributed by atoms with van der Waals surface area (Å²) in [7, 11) is 0. The highest BCUT2D eigenvalue weighted by molar-refractivity contribution is 5.39. The summed E-state index contributed by atoms with van der Waals surface area (Å²) in [5.41, 5.74) is 8.22. The molecule has 19 heavy (non-hydrogen) atoms. The number of hydrogen-bond acceptors (Lipinski definition) is 3. The van der Waals surface area contributed by atoms with E-state index in [1.807, 2.05) is 19.1 Å². The van der Waals surface area contributed by atoms with Gasteiger partial charge < -0.3 is 15.6 Å². The lowest BCUT2D eigenvalue weighted by Crippen LogP contribution is -2.31. The van der Waals surface area contributed by atoms with E-state index in [1.54, 1.807) is 0 Å². The van der Waals surface area contributed by atoms with Crippen LogP contribution in [0.3, 0.4) is 0 Å². The normalized spacial score (nSPS) is 25.7. The molecule has 0 heterocycles. The van der Waals surface area contributed by atoms with E-state index in [9.17, 15) is 5.11 Å². The lowest BCUT2D eigenvalue weighted by atomic mass is 10.0. The van der Waals surface area contributed by atoms with E-state index in [1.165, 1.54) is 12.0 Å². The van der Waals surface area contributed by atoms with Crippen LogP contribution in [0.25, 0.3) is 0 Å². The zero-order valence-corrected chi connectivity index (χ0v) is 11.9. The first-order chi connectivity index (χ1) is 9.08. The Labute approximate surface area is 115 Å². The molecule has 0 saturated heterocycles. The molecule has 0 radical (unpaired) electrons. The number of aliphatic hydroxyl groups is 1. The summed E-state index contributed by atoms with van der Waals surface area (Å²) in [5, 5.41) is 10.1. The Bertz CT molecular complexity index is 417. The lowest BCUT2D eigenvalue weighted by Gasteiger charge is -2.24. The first kappa shape index (κ1) is 14.4. The molecule has 1 saturated carbocycles. The second-order valence-electron chi connectivity index (χ2n) is 5.69. The molecule has 3 N–H and O–H groups in total. The smallest absolute Gasteiger partial charge is 0.124 e. The van der Waals surface area contributed by atoms with Gasteiger partial charge in [0.05, 0.1) is 6.10 Å². The van der Waals surface area contributed by atoms with Gasteiger partial charge in [0.15, 0.2) is 0 Å². The van der Waals surface area contributed by atoms with Crippen LogP contribution in [0.15, 0.2) is 18.2 Å². The second kappa shape index (κ2) is 6.40. The minimum absolute atomic E-state index is 0.0576. The minimum atomic E-state index is -0.357. The summed E-state index contributed by atoms with van der Waals surface area (Å²) >= 11 is 0. The second-order valence-corrected chi connectivity index (χ2v) is 5.69. The van der Waals surface area contributed by atoms with Gasteiger partial charge in [-0.3, -0.25) is 0 Å². The molecule has 1 aromatic carbocycles. The van der Waals surface area contributed by atoms with Crippen molar-refractivity contribution >= 4 is 0 Å². The van der Waals surface area contributed by atoms with Gasteiger partial charge in [-0.1, -0.05) is 30.5 Å². The summed E-state index contributed by atoms with van der Waals surface area (Å²) in [4.78, 5) is 0. The molecule has 106 valence electrons. The van der Waals surface area contributed by atoms with E-state index < -0.39 is 0 Å². The van der Waals surface area contributed by atoms with E-state index >= 15 is 0 Å². The Balaban J connectivity index is 2.17. The summed E-state index contributed by atoms with van der Waals surface area (Å²) in [6, 6.07) is 6.02. The maximum absolute atomic E-state index is 10.1. The highest BCUT2D eigenvalue weighted by Crippen LogP contribution is 2.29. The first-order valence-corrected chi connectivity index (χ1v) is 7.29. The predicted molar refractivity (Wildman–Crippen MR) is 77.3 cm³/mol. The van der Waals surface area contributed by atoms with Gasteiger partial charge in [0.25, 0.3) is 0 Å². The van der Waals surface area contributed by atoms with E-state index in [0.717, 1.165) is 37.0 Å². The van der Waals surface area contributed by atoms with Crippen molar-refractivity contribution in [2.75, 3.05) is 0 Å². The molecular weight excluding hydrogens is 238 g/mol. The van der Waals surface area contributed by atoms with Crippen LogP contribution in [-0.2, 0) is 0 Å². The third kappa shape index (κ3) is 3.71. The molecule has 1 fully saturated rings. The van der Waals surface area contributed by atoms with Crippen LogP contribution in [0.4, 0.5) is 0 Å². The number of nitrogens with two attached hydrogens (primary N) is 1. The van der Waals surface area contributed by atoms with Crippen molar-refractivity contribution in [3.05, 3.63) is 29.3 Å². The van der Waals surface area contributed by atoms with Crippen LogP contribution < -0.4 is 10.5 Å². The van der Waals surface area contributed by atoms with Gasteiger partial charge in [-0.25, -0.2) is 0 Å². The van der Waals surface area contributed by atoms with E-state index in [0.29, 0.717) is 0 Å². The molecule has 0 aliphatic heterocycles. The molecular formula is C16H25NO2. The molecule has 0 aromatic heterocycles. The van der Waals surface area contributed by atoms with Gasteiger partial charge in [-0.2, -0.15) is 0 Å². The summed E-state index contributed by atoms with van der Waals surface area (Å²) in [6.45, 7) is 4.02. The Morgan fingerprint density at radius 3 is 2.74 bits per heavy atom. The Hall–Kier alpha value is -1.06. The third-order valence-corrected chi connectivity index (χ3v) is 3.85. The van der Waals surface area contributed by atoms with E-state index in [4.69, 9.17) is 10.5 Å². The van der Waals surface area contributed by atoms with Crippen molar-refractivity contribution in [2.45, 2.75) is 64.2 Å². The molecule has 0 bridgehead atoms. The first-order valence-electron chi connectivity index (χ1n) is 7.29. The number of rotatable bonds is 3. The van der Waals surface area contributed by atoms with Gasteiger partial charge >= 0.3 is 0 Å². The minimum Gasteiger partial charge on any atom is -0.487 e. The van der Waals surface area contributed by atoms with Crippen LogP contribution in [-0.4, -0.2) is 17.3 Å². The fourth-order valence-corrected chi connectivity index (χ4v) is 2.69. The van der Waals surface area contributed by atoms with Gasteiger partial charge in [0.1, 0.15) is 11.9 Å². The number of aryl methyl sites for hydroxylation is 1. The average Bonchev–Trinajstić information content (AvgIpc) is 2.57. The van der Waals surface area contributed by atoms with Crippen molar-refractivity contribution in [1.82, 2.24) is 0 Å². The Morgan fingerprint density at radius 1 is 1.26 bits per heavy atom. The Kier molecular flexibility index (Phi) is 4.83. The largest absolute Gasteiger partial charge is 0.487 e. The monoisotopic (exact) mass is 263 g/mol. The molecule has 0 spiro atoms. The van der Waals surface area contributed by atoms with Crippen molar-refractivity contribution < 1.29 is 9.84 Å². The molecule has 3 nitrogen and oxygen atoms in total. The molecule has 1 aromatic rings. The molecule has 0 amide bonds. The summed E-state index contributed by atoms with van der Waals surface area (Å²) < 4.78 is 6.06. The van der Waals surface area contributed by atoms with Crippen molar-refractivity contribution in [3.63, 3.8) is 0 Å². The van der Waals surface area contributed by atoms with Crippen molar-refractivity contribution in [2.24, 2.45) is 5.73 Å². The van der Waals surface area contributed by atoms with Crippen LogP contribution in [0, 0.1) is 6.92 Å². The fourth-order valence-electron chi connectivity index (χ4n) is 2.69. The number of benzene rings is 1. The standard InChI is InChI=1S/C16H25NO2/c1-11-8-9-15(13(10-11)12(2)17)19-16-7-5-3-4-6-14(16)18/h8-10,12,14,16,18H,3-7,17H2,1-2H3/t12-,14?,16?/m0/s1. The summed E-state index contributed by atoms with van der Waals surface area (Å²) in [6.07, 6.45) is 4.71. The quantitative estimate of drug-likeness (QED) is 0.824. The predicted octanol–water partition coefficient (Wildman–Crippen LogP) is 3.09. The van der Waals surface area contributed by atoms with Crippen molar-refractivity contribution in [1.29, 1.82) is 0 Å². The highest BCUT2D eigenvalue weighted by atomic mass is 16.5. The average molecular weight is 263 g/mol. The molecule has 1 aliphatic carbocycles. The van der Waals surface area contributed by atoms with Crippen LogP contribution in [0.5, 0.6) is 5.75 Å². The van der Waals surface area contributed by atoms with Gasteiger partial charge in [-0.15, -0.1) is 0 Å². The fraction of sp³-hybridized carbons (Fsp3) is 0.625. The molecule has 3 atom stereocenters. The maximum Gasteiger partial charge on any atom is 0.124 e. The van der Waals surface area contributed by atoms with Crippen LogP contribution in [0.1, 0.15) is 56.2 Å². The maximum atomic E-state index is 10.1. The van der Waals surface area contributed by atoms with Crippen molar-refractivity contribution in [3.8, 4) is 5.75 Å². The SMILES string of the molecule is Cc1ccc(OC2CCCCCC2O)c([C@H](C)N)c1. The third-order valence-electron chi connectivity index (χ3n) is 3.85. The number of ether oxygens (including phenoxy) is 1. The van der Waals surface area contributed by atoms with Crippen LogP contribution >= 0.6 is 0 Å². The zero-order chi connectivity index (χ0) is 13.8. The molecule has 2 unspecified atom stereocenters. The topological polar surface area (TPSA) is 55.5 Å². The van der Waals surface area contributed by atoms with Crippen LogP contribution in [0.2, 0.25) is 0 Å². The number of aliphatic hydroxyl groups excluding tert-OH is 1. The molecule has 2 rings (SSSR count). The molecule has 3 heteroatoms. The van der Waals surface area contributed by atoms with Gasteiger partial charge in [-0.05, 0) is 39.2 Å². The Morgan fingerprint density at radius 2 is 2.00 bits per heavy atom. The highest BCUT2D eigenvalue weighted by Gasteiger charge is 2.24. The van der Waals surface area contributed by atoms with E-state index in [2.05, 4.69) is 13.0 Å².